The van der Waals surface area contributed by atoms with Crippen LogP contribution in [-0.4, -0.2) is 80.4 Å². The van der Waals surface area contributed by atoms with Crippen molar-refractivity contribution in [3.63, 3.8) is 0 Å². The Hall–Kier alpha value is -2.11. The minimum atomic E-state index is -4.15. The van der Waals surface area contributed by atoms with E-state index in [2.05, 4.69) is 9.47 Å². The van der Waals surface area contributed by atoms with Crippen molar-refractivity contribution in [2.45, 2.75) is 29.8 Å². The number of methoxy groups -OCH3 is 2. The summed E-state index contributed by atoms with van der Waals surface area (Å²) in [6.45, 7) is 0. The number of amides is 1. The Morgan fingerprint density at radius 3 is 2.10 bits per heavy atom. The molecule has 2 fully saturated rings. The van der Waals surface area contributed by atoms with Crippen LogP contribution < -0.4 is 0 Å². The third-order valence-electron chi connectivity index (χ3n) is 4.92. The Morgan fingerprint density at radius 2 is 1.62 bits per heavy atom. The van der Waals surface area contributed by atoms with Gasteiger partial charge in [0, 0.05) is 18.8 Å². The quantitative estimate of drug-likeness (QED) is 0.599. The highest BCUT2D eigenvalue weighted by atomic mass is 32.2. The molecule has 0 aromatic heterocycles. The van der Waals surface area contributed by atoms with Crippen LogP contribution in [-0.2, 0) is 24.3 Å². The van der Waals surface area contributed by atoms with E-state index in [0.29, 0.717) is 5.75 Å². The molecule has 1 aliphatic carbocycles. The van der Waals surface area contributed by atoms with E-state index in [4.69, 9.17) is 0 Å². The summed E-state index contributed by atoms with van der Waals surface area (Å²) in [5.74, 6) is -1.38. The highest BCUT2D eigenvalue weighted by Crippen LogP contribution is 2.33. The van der Waals surface area contributed by atoms with Crippen LogP contribution in [0.1, 0.15) is 33.6 Å². The molecule has 11 heteroatoms. The summed E-state index contributed by atoms with van der Waals surface area (Å²) in [7, 11) is -0.162. The lowest BCUT2D eigenvalue weighted by Gasteiger charge is -2.27. The normalized spacial score (nSPS) is 19.6. The molecule has 1 aliphatic heterocycles. The van der Waals surface area contributed by atoms with Crippen LogP contribution in [0.15, 0.2) is 23.1 Å². The highest BCUT2D eigenvalue weighted by molar-refractivity contribution is 8.00. The smallest absolute Gasteiger partial charge is 0.337 e. The molecular formula is C18H22N2O7S2. The van der Waals surface area contributed by atoms with Crippen molar-refractivity contribution >= 4 is 39.6 Å². The maximum Gasteiger partial charge on any atom is 0.337 e. The fourth-order valence-electron chi connectivity index (χ4n) is 3.09. The van der Waals surface area contributed by atoms with Crippen LogP contribution in [0.4, 0.5) is 0 Å². The van der Waals surface area contributed by atoms with Crippen molar-refractivity contribution in [2.75, 3.05) is 32.9 Å². The summed E-state index contributed by atoms with van der Waals surface area (Å²) in [5, 5.41) is 0. The lowest BCUT2D eigenvalue weighted by atomic mass is 10.1. The molecule has 1 unspecified atom stereocenters. The predicted octanol–water partition coefficient (Wildman–Crippen LogP) is 0.944. The number of carbonyl (C=O) groups is 3. The fraction of sp³-hybridized carbons (Fsp3) is 0.500. The molecule has 29 heavy (non-hydrogen) atoms. The number of hydrogen-bond acceptors (Lipinski definition) is 8. The summed E-state index contributed by atoms with van der Waals surface area (Å²) >= 11 is 1.34. The van der Waals surface area contributed by atoms with Crippen LogP contribution in [0.2, 0.25) is 0 Å². The summed E-state index contributed by atoms with van der Waals surface area (Å²) in [6, 6.07) is 2.81. The number of esters is 2. The molecule has 9 nitrogen and oxygen atoms in total. The number of nitrogens with zero attached hydrogens (tertiary/aromatic N) is 2. The molecule has 1 saturated heterocycles. The van der Waals surface area contributed by atoms with Gasteiger partial charge in [-0.1, -0.05) is 0 Å². The Kier molecular flexibility index (Phi) is 6.20. The first kappa shape index (κ1) is 21.6. The van der Waals surface area contributed by atoms with Gasteiger partial charge in [0.25, 0.3) is 0 Å². The fourth-order valence-corrected chi connectivity index (χ4v) is 6.30. The van der Waals surface area contributed by atoms with Crippen LogP contribution >= 0.6 is 11.8 Å². The van der Waals surface area contributed by atoms with E-state index in [1.54, 1.807) is 11.9 Å². The second kappa shape index (κ2) is 8.33. The topological polar surface area (TPSA) is 110 Å². The minimum Gasteiger partial charge on any atom is -0.465 e. The second-order valence-corrected chi connectivity index (χ2v) is 9.71. The van der Waals surface area contributed by atoms with Crippen molar-refractivity contribution in [2.24, 2.45) is 0 Å². The zero-order chi connectivity index (χ0) is 21.3. The largest absolute Gasteiger partial charge is 0.465 e. The molecular weight excluding hydrogens is 420 g/mol. The minimum absolute atomic E-state index is 0.0983. The van der Waals surface area contributed by atoms with E-state index >= 15 is 0 Å². The van der Waals surface area contributed by atoms with Gasteiger partial charge in [0.1, 0.15) is 6.04 Å². The van der Waals surface area contributed by atoms with Crippen molar-refractivity contribution in [1.82, 2.24) is 9.21 Å². The van der Waals surface area contributed by atoms with E-state index in [1.807, 2.05) is 0 Å². The molecule has 1 atom stereocenters. The summed E-state index contributed by atoms with van der Waals surface area (Å²) in [5.41, 5.74) is -0.197. The van der Waals surface area contributed by atoms with Crippen molar-refractivity contribution < 1.29 is 32.3 Å². The molecule has 2 aliphatic rings. The standard InChI is InChI=1S/C18H22N2O7S2/c1-19(13-4-5-13)16(21)15-9-28-10-20(15)29(24,25)14-7-11(17(22)26-2)6-12(8-14)18(23)27-3/h6-8,13,15H,4-5,9-10H2,1-3H3. The van der Waals surface area contributed by atoms with Gasteiger partial charge < -0.3 is 14.4 Å². The number of hydrogen-bond donors (Lipinski definition) is 0. The third-order valence-corrected chi connectivity index (χ3v) is 7.93. The SMILES string of the molecule is COC(=O)c1cc(C(=O)OC)cc(S(=O)(=O)N2CSCC2C(=O)N(C)C2CC2)c1. The molecule has 0 N–H and O–H groups in total. The van der Waals surface area contributed by atoms with Crippen molar-refractivity contribution in [1.29, 1.82) is 0 Å². The molecule has 1 heterocycles. The average Bonchev–Trinajstić information content (AvgIpc) is 3.46. The van der Waals surface area contributed by atoms with Crippen LogP contribution in [0.3, 0.4) is 0 Å². The zero-order valence-corrected chi connectivity index (χ0v) is 17.9. The number of carbonyl (C=O) groups excluding carboxylic acids is 3. The van der Waals surface area contributed by atoms with E-state index in [9.17, 15) is 22.8 Å². The molecule has 1 amide bonds. The predicted molar refractivity (Wildman–Crippen MR) is 105 cm³/mol. The van der Waals surface area contributed by atoms with Gasteiger partial charge in [0.15, 0.2) is 0 Å². The summed E-state index contributed by atoms with van der Waals surface area (Å²) in [6.07, 6.45) is 1.83. The Bertz CT molecular complexity index is 909. The number of rotatable bonds is 6. The van der Waals surface area contributed by atoms with Gasteiger partial charge in [-0.2, -0.15) is 4.31 Å². The molecule has 0 radical (unpaired) electrons. The van der Waals surface area contributed by atoms with E-state index < -0.39 is 28.0 Å². The maximum atomic E-state index is 13.3. The molecule has 1 aromatic carbocycles. The van der Waals surface area contributed by atoms with Gasteiger partial charge in [-0.25, -0.2) is 18.0 Å². The third kappa shape index (κ3) is 4.26. The van der Waals surface area contributed by atoms with Gasteiger partial charge in [-0.3, -0.25) is 4.79 Å². The Morgan fingerprint density at radius 1 is 1.07 bits per heavy atom. The molecule has 158 valence electrons. The van der Waals surface area contributed by atoms with Gasteiger partial charge in [-0.15, -0.1) is 11.8 Å². The average molecular weight is 443 g/mol. The molecule has 3 rings (SSSR count). The van der Waals surface area contributed by atoms with Gasteiger partial charge in [-0.05, 0) is 31.0 Å². The van der Waals surface area contributed by atoms with Gasteiger partial charge in [0.2, 0.25) is 15.9 Å². The van der Waals surface area contributed by atoms with Gasteiger partial charge >= 0.3 is 11.9 Å². The monoisotopic (exact) mass is 442 g/mol. The van der Waals surface area contributed by atoms with Crippen LogP contribution in [0.25, 0.3) is 0 Å². The number of thioether (sulfide) groups is 1. The number of sulfonamides is 1. The summed E-state index contributed by atoms with van der Waals surface area (Å²) in [4.78, 5) is 38.1. The lowest BCUT2D eigenvalue weighted by Crippen LogP contribution is -2.48. The number of benzene rings is 1. The first-order valence-corrected chi connectivity index (χ1v) is 11.5. The van der Waals surface area contributed by atoms with E-state index in [1.165, 1.54) is 17.8 Å². The lowest BCUT2D eigenvalue weighted by molar-refractivity contribution is -0.133. The molecule has 0 spiro atoms. The highest BCUT2D eigenvalue weighted by Gasteiger charge is 2.43. The summed E-state index contributed by atoms with van der Waals surface area (Å²) < 4.78 is 37.1. The van der Waals surface area contributed by atoms with Crippen LogP contribution in [0.5, 0.6) is 0 Å². The molecule has 1 aromatic rings. The van der Waals surface area contributed by atoms with E-state index in [-0.39, 0.29) is 33.8 Å². The Labute approximate surface area is 173 Å². The number of ether oxygens (including phenoxy) is 2. The molecule has 0 bridgehead atoms. The van der Waals surface area contributed by atoms with Gasteiger partial charge in [0.05, 0.1) is 36.1 Å². The first-order chi connectivity index (χ1) is 13.7. The van der Waals surface area contributed by atoms with E-state index in [0.717, 1.165) is 43.5 Å². The van der Waals surface area contributed by atoms with Crippen molar-refractivity contribution in [3.8, 4) is 0 Å². The maximum absolute atomic E-state index is 13.3. The second-order valence-electron chi connectivity index (χ2n) is 6.82. The zero-order valence-electron chi connectivity index (χ0n) is 16.3. The van der Waals surface area contributed by atoms with Crippen LogP contribution in [0, 0.1) is 0 Å². The number of likely N-dealkylation sites (N-methyl/N-ethyl adjacent to an activating group) is 1. The first-order valence-electron chi connectivity index (χ1n) is 8.88. The van der Waals surface area contributed by atoms with Crippen molar-refractivity contribution in [3.05, 3.63) is 29.3 Å². The Balaban J connectivity index is 1.99. The molecule has 1 saturated carbocycles.